The van der Waals surface area contributed by atoms with Crippen LogP contribution in [0.3, 0.4) is 0 Å². The number of benzene rings is 4. The number of halogens is 1. The van der Waals surface area contributed by atoms with Gasteiger partial charge in [0.05, 0.1) is 11.6 Å². The third kappa shape index (κ3) is 6.25. The van der Waals surface area contributed by atoms with Gasteiger partial charge in [0, 0.05) is 53.4 Å². The van der Waals surface area contributed by atoms with E-state index in [0.29, 0.717) is 37.5 Å². The molecule has 0 radical (unpaired) electrons. The number of ketones is 2. The molecule has 4 aromatic rings. The van der Waals surface area contributed by atoms with Crippen LogP contribution in [-0.4, -0.2) is 23.6 Å². The highest BCUT2D eigenvalue weighted by molar-refractivity contribution is 9.10. The fraction of sp³-hybridized carbons (Fsp3) is 0.349. The molecule has 49 heavy (non-hydrogen) atoms. The fourth-order valence-electron chi connectivity index (χ4n) is 8.17. The standard InChI is InChI=1S/C43H44BrNO4/c1-26-16-17-28-14-10-11-15-30(28)31(26)25-49-41-32(44)18-29(19-37(41)48-6)38-39-33(20-42(2,3)22-35(39)46)45(24-27-12-8-7-9-13-27)34-21-43(4,5)23-36(47)40(34)38/h7-19,38H,20-25H2,1-6H3. The lowest BCUT2D eigenvalue weighted by molar-refractivity contribution is -0.119. The van der Waals surface area contributed by atoms with Crippen LogP contribution in [-0.2, 0) is 22.7 Å². The first-order valence-electron chi connectivity index (χ1n) is 17.2. The Hall–Kier alpha value is -4.16. The molecule has 0 spiro atoms. The van der Waals surface area contributed by atoms with E-state index in [2.05, 4.69) is 97.9 Å². The van der Waals surface area contributed by atoms with Crippen molar-refractivity contribution < 1.29 is 19.1 Å². The van der Waals surface area contributed by atoms with E-state index >= 15 is 0 Å². The molecule has 0 saturated heterocycles. The Balaban J connectivity index is 1.36. The lowest BCUT2D eigenvalue weighted by atomic mass is 9.63. The first-order chi connectivity index (χ1) is 23.4. The summed E-state index contributed by atoms with van der Waals surface area (Å²) in [5, 5.41) is 2.33. The van der Waals surface area contributed by atoms with Crippen molar-refractivity contribution in [3.05, 3.63) is 128 Å². The Morgan fingerprint density at radius 1 is 0.796 bits per heavy atom. The maximum Gasteiger partial charge on any atom is 0.175 e. The van der Waals surface area contributed by atoms with Crippen LogP contribution in [0.5, 0.6) is 11.5 Å². The molecule has 0 aromatic heterocycles. The van der Waals surface area contributed by atoms with Crippen molar-refractivity contribution in [1.82, 2.24) is 4.90 Å². The van der Waals surface area contributed by atoms with Gasteiger partial charge in [-0.2, -0.15) is 0 Å². The van der Waals surface area contributed by atoms with Gasteiger partial charge in [0.25, 0.3) is 0 Å². The highest BCUT2D eigenvalue weighted by atomic mass is 79.9. The van der Waals surface area contributed by atoms with Crippen LogP contribution in [0.4, 0.5) is 0 Å². The Labute approximate surface area is 298 Å². The number of fused-ring (bicyclic) bond motifs is 1. The molecule has 0 atom stereocenters. The molecule has 3 aliphatic rings. The number of hydrogen-bond donors (Lipinski definition) is 0. The highest BCUT2D eigenvalue weighted by Crippen LogP contribution is 2.56. The first-order valence-corrected chi connectivity index (χ1v) is 18.0. The Morgan fingerprint density at radius 3 is 2.04 bits per heavy atom. The van der Waals surface area contributed by atoms with E-state index in [1.807, 2.05) is 36.4 Å². The molecule has 7 rings (SSSR count). The van der Waals surface area contributed by atoms with Gasteiger partial charge in [-0.3, -0.25) is 9.59 Å². The Morgan fingerprint density at radius 2 is 1.41 bits per heavy atom. The zero-order valence-electron chi connectivity index (χ0n) is 29.3. The first kappa shape index (κ1) is 33.3. The lowest BCUT2D eigenvalue weighted by Gasteiger charge is -2.49. The van der Waals surface area contributed by atoms with Crippen molar-refractivity contribution in [3.8, 4) is 11.5 Å². The van der Waals surface area contributed by atoms with Crippen molar-refractivity contribution in [2.75, 3.05) is 7.11 Å². The minimum atomic E-state index is -0.483. The van der Waals surface area contributed by atoms with Crippen LogP contribution in [0.15, 0.2) is 106 Å². The minimum Gasteiger partial charge on any atom is -0.493 e. The molecule has 0 fully saturated rings. The van der Waals surface area contributed by atoms with E-state index in [4.69, 9.17) is 9.47 Å². The topological polar surface area (TPSA) is 55.8 Å². The lowest BCUT2D eigenvalue weighted by Crippen LogP contribution is -2.44. The molecule has 1 aliphatic heterocycles. The predicted molar refractivity (Wildman–Crippen MR) is 199 cm³/mol. The minimum absolute atomic E-state index is 0.111. The summed E-state index contributed by atoms with van der Waals surface area (Å²) in [6, 6.07) is 27.0. The summed E-state index contributed by atoms with van der Waals surface area (Å²) in [4.78, 5) is 31.0. The van der Waals surface area contributed by atoms with Gasteiger partial charge in [0.1, 0.15) is 6.61 Å². The number of Topliss-reactive ketones (excluding diaryl/α,β-unsaturated/α-hetero) is 2. The summed E-state index contributed by atoms with van der Waals surface area (Å²) in [7, 11) is 1.64. The quantitative estimate of drug-likeness (QED) is 0.190. The average Bonchev–Trinajstić information content (AvgIpc) is 3.04. The van der Waals surface area contributed by atoms with Crippen molar-refractivity contribution in [2.24, 2.45) is 10.8 Å². The smallest absolute Gasteiger partial charge is 0.175 e. The summed E-state index contributed by atoms with van der Waals surface area (Å²) >= 11 is 3.83. The number of aryl methyl sites for hydroxylation is 1. The van der Waals surface area contributed by atoms with Crippen LogP contribution >= 0.6 is 15.9 Å². The van der Waals surface area contributed by atoms with Gasteiger partial charge in [-0.05, 0) is 86.1 Å². The van der Waals surface area contributed by atoms with Gasteiger partial charge >= 0.3 is 0 Å². The number of carbonyl (C=O) groups excluding carboxylic acids is 2. The van der Waals surface area contributed by atoms with Gasteiger partial charge in [0.15, 0.2) is 23.1 Å². The zero-order chi connectivity index (χ0) is 34.7. The number of nitrogens with zero attached hydrogens (tertiary/aromatic N) is 1. The molecule has 252 valence electrons. The molecule has 0 amide bonds. The average molecular weight is 719 g/mol. The van der Waals surface area contributed by atoms with Gasteiger partial charge in [-0.15, -0.1) is 0 Å². The number of rotatable bonds is 7. The van der Waals surface area contributed by atoms with E-state index in [1.54, 1.807) is 7.11 Å². The second-order valence-electron chi connectivity index (χ2n) is 15.5. The summed E-state index contributed by atoms with van der Waals surface area (Å²) in [6.45, 7) is 11.8. The number of methoxy groups -OCH3 is 1. The number of allylic oxidation sites excluding steroid dienone is 4. The van der Waals surface area contributed by atoms with E-state index < -0.39 is 5.92 Å². The monoisotopic (exact) mass is 717 g/mol. The zero-order valence-corrected chi connectivity index (χ0v) is 30.9. The maximum atomic E-state index is 14.4. The molecule has 1 heterocycles. The summed E-state index contributed by atoms with van der Waals surface area (Å²) in [5.41, 5.74) is 7.47. The van der Waals surface area contributed by atoms with Crippen molar-refractivity contribution in [2.45, 2.75) is 79.4 Å². The summed E-state index contributed by atoms with van der Waals surface area (Å²) < 4.78 is 13.2. The van der Waals surface area contributed by atoms with Crippen molar-refractivity contribution in [1.29, 1.82) is 0 Å². The Bertz CT molecular complexity index is 2000. The number of ether oxygens (including phenoxy) is 2. The van der Waals surface area contributed by atoms with E-state index in [-0.39, 0.29) is 22.4 Å². The molecule has 6 heteroatoms. The van der Waals surface area contributed by atoms with E-state index in [1.165, 1.54) is 5.39 Å². The summed E-state index contributed by atoms with van der Waals surface area (Å²) in [5.74, 6) is 0.894. The maximum absolute atomic E-state index is 14.4. The molecule has 0 unspecified atom stereocenters. The van der Waals surface area contributed by atoms with Gasteiger partial charge in [0.2, 0.25) is 0 Å². The van der Waals surface area contributed by atoms with E-state index in [0.717, 1.165) is 67.5 Å². The molecule has 2 aliphatic carbocycles. The van der Waals surface area contributed by atoms with Crippen LogP contribution in [0.2, 0.25) is 0 Å². The highest BCUT2D eigenvalue weighted by Gasteiger charge is 2.49. The second-order valence-corrected chi connectivity index (χ2v) is 16.4. The SMILES string of the molecule is COc1cc(C2C3=C(CC(C)(C)CC3=O)N(Cc3ccccc3)C3=C2C(=O)CC(C)(C)C3)cc(Br)c1OCc1c(C)ccc2ccccc12. The summed E-state index contributed by atoms with van der Waals surface area (Å²) in [6.07, 6.45) is 2.39. The molecule has 4 aromatic carbocycles. The van der Waals surface area contributed by atoms with Crippen LogP contribution in [0.1, 0.15) is 81.5 Å². The fourth-order valence-corrected chi connectivity index (χ4v) is 8.74. The van der Waals surface area contributed by atoms with Gasteiger partial charge < -0.3 is 14.4 Å². The normalized spacial score (nSPS) is 18.9. The molecule has 0 saturated carbocycles. The third-order valence-corrected chi connectivity index (χ3v) is 11.0. The van der Waals surface area contributed by atoms with E-state index in [9.17, 15) is 9.59 Å². The number of hydrogen-bond acceptors (Lipinski definition) is 5. The van der Waals surface area contributed by atoms with Crippen molar-refractivity contribution >= 4 is 38.3 Å². The van der Waals surface area contributed by atoms with Crippen molar-refractivity contribution in [3.63, 3.8) is 0 Å². The largest absolute Gasteiger partial charge is 0.493 e. The molecular formula is C43H44BrNO4. The van der Waals surface area contributed by atoms with Crippen LogP contribution < -0.4 is 9.47 Å². The third-order valence-electron chi connectivity index (χ3n) is 10.4. The number of carbonyl (C=O) groups is 2. The molecule has 5 nitrogen and oxygen atoms in total. The van der Waals surface area contributed by atoms with Gasteiger partial charge in [-0.1, -0.05) is 94.4 Å². The van der Waals surface area contributed by atoms with Crippen LogP contribution in [0.25, 0.3) is 10.8 Å². The van der Waals surface area contributed by atoms with Crippen LogP contribution in [0, 0.1) is 17.8 Å². The molecule has 0 N–H and O–H groups in total. The van der Waals surface area contributed by atoms with Gasteiger partial charge in [-0.25, -0.2) is 0 Å². The molecular weight excluding hydrogens is 674 g/mol. The predicted octanol–water partition coefficient (Wildman–Crippen LogP) is 10.4. The Kier molecular flexibility index (Phi) is 8.59. The molecule has 0 bridgehead atoms. The second kappa shape index (κ2) is 12.6.